The van der Waals surface area contributed by atoms with Crippen LogP contribution in [0.5, 0.6) is 0 Å². The van der Waals surface area contributed by atoms with Gasteiger partial charge in [-0.1, -0.05) is 0 Å². The Morgan fingerprint density at radius 2 is 1.93 bits per heavy atom. The maximum atomic E-state index is 12.9. The van der Waals surface area contributed by atoms with Gasteiger partial charge in [0.25, 0.3) is 0 Å². The first-order valence-corrected chi connectivity index (χ1v) is 11.9. The van der Waals surface area contributed by atoms with Crippen LogP contribution in [0.25, 0.3) is 0 Å². The number of anilines is 1. The quantitative estimate of drug-likeness (QED) is 0.751. The minimum absolute atomic E-state index is 0.00514. The number of pyridine rings is 1. The van der Waals surface area contributed by atoms with Crippen molar-refractivity contribution in [2.45, 2.75) is 24.0 Å². The molecule has 0 aromatic carbocycles. The molecule has 4 rings (SSSR count). The van der Waals surface area contributed by atoms with Gasteiger partial charge in [0.15, 0.2) is 0 Å². The first-order chi connectivity index (χ1) is 13.4. The van der Waals surface area contributed by atoms with Crippen LogP contribution in [0.4, 0.5) is 5.82 Å². The summed E-state index contributed by atoms with van der Waals surface area (Å²) in [5, 5.41) is 4.17. The molecule has 152 valence electrons. The van der Waals surface area contributed by atoms with Crippen molar-refractivity contribution in [1.29, 1.82) is 0 Å². The summed E-state index contributed by atoms with van der Waals surface area (Å²) in [4.78, 5) is 9.05. The van der Waals surface area contributed by atoms with E-state index in [1.54, 1.807) is 21.7 Å². The normalized spacial score (nSPS) is 25.1. The van der Waals surface area contributed by atoms with Gasteiger partial charge in [0, 0.05) is 45.5 Å². The molecule has 0 N–H and O–H groups in total. The Bertz CT molecular complexity index is 878. The third kappa shape index (κ3) is 4.08. The largest absolute Gasteiger partial charge is 0.367 e. The summed E-state index contributed by atoms with van der Waals surface area (Å²) in [5.41, 5.74) is 1.18. The fourth-order valence-electron chi connectivity index (χ4n) is 3.67. The minimum Gasteiger partial charge on any atom is -0.367 e. The van der Waals surface area contributed by atoms with Gasteiger partial charge in [0.05, 0.1) is 6.10 Å². The van der Waals surface area contributed by atoms with Crippen LogP contribution in [0.2, 0.25) is 0 Å². The number of hydrogen-bond acceptors (Lipinski definition) is 7. The molecule has 2 unspecified atom stereocenters. The molecule has 0 amide bonds. The SMILES string of the molecule is CC1CN(c2ccc(S(=O)(=O)N3CCN(C)CC3)cn2)CC(c2ccsc2)O1. The molecule has 2 aliphatic rings. The van der Waals surface area contributed by atoms with Crippen LogP contribution in [0, 0.1) is 0 Å². The lowest BCUT2D eigenvalue weighted by molar-refractivity contribution is -0.0174. The van der Waals surface area contributed by atoms with Gasteiger partial charge in [-0.2, -0.15) is 15.6 Å². The monoisotopic (exact) mass is 422 g/mol. The van der Waals surface area contributed by atoms with E-state index in [4.69, 9.17) is 4.74 Å². The van der Waals surface area contributed by atoms with E-state index in [-0.39, 0.29) is 17.1 Å². The number of aromatic nitrogens is 1. The van der Waals surface area contributed by atoms with Crippen molar-refractivity contribution in [1.82, 2.24) is 14.2 Å². The summed E-state index contributed by atoms with van der Waals surface area (Å²) in [6.45, 7) is 6.03. The van der Waals surface area contributed by atoms with E-state index < -0.39 is 10.0 Å². The highest BCUT2D eigenvalue weighted by atomic mass is 32.2. The van der Waals surface area contributed by atoms with Crippen molar-refractivity contribution < 1.29 is 13.2 Å². The maximum Gasteiger partial charge on any atom is 0.244 e. The smallest absolute Gasteiger partial charge is 0.244 e. The summed E-state index contributed by atoms with van der Waals surface area (Å²) in [6, 6.07) is 5.58. The molecule has 4 heterocycles. The van der Waals surface area contributed by atoms with E-state index in [1.807, 2.05) is 13.1 Å². The third-order valence-corrected chi connectivity index (χ3v) is 7.90. The molecule has 2 aromatic heterocycles. The lowest BCUT2D eigenvalue weighted by Gasteiger charge is -2.37. The van der Waals surface area contributed by atoms with Crippen molar-refractivity contribution in [3.05, 3.63) is 40.7 Å². The number of piperazine rings is 1. The molecule has 0 aliphatic carbocycles. The van der Waals surface area contributed by atoms with E-state index in [1.165, 1.54) is 11.8 Å². The van der Waals surface area contributed by atoms with Crippen LogP contribution in [-0.2, 0) is 14.8 Å². The topological polar surface area (TPSA) is 66.0 Å². The molecular formula is C19H26N4O3S2. The second-order valence-electron chi connectivity index (χ2n) is 7.46. The second kappa shape index (κ2) is 8.08. The van der Waals surface area contributed by atoms with E-state index in [9.17, 15) is 8.42 Å². The summed E-state index contributed by atoms with van der Waals surface area (Å²) >= 11 is 1.66. The molecule has 2 aliphatic heterocycles. The van der Waals surface area contributed by atoms with Crippen molar-refractivity contribution >= 4 is 27.2 Å². The predicted molar refractivity (Wildman–Crippen MR) is 110 cm³/mol. The molecular weight excluding hydrogens is 396 g/mol. The van der Waals surface area contributed by atoms with Crippen LogP contribution in [0.3, 0.4) is 0 Å². The molecule has 28 heavy (non-hydrogen) atoms. The molecule has 0 spiro atoms. The number of hydrogen-bond donors (Lipinski definition) is 0. The highest BCUT2D eigenvalue weighted by Gasteiger charge is 2.30. The Morgan fingerprint density at radius 1 is 1.14 bits per heavy atom. The van der Waals surface area contributed by atoms with E-state index in [0.717, 1.165) is 25.5 Å². The lowest BCUT2D eigenvalue weighted by Crippen LogP contribution is -2.47. The van der Waals surface area contributed by atoms with E-state index >= 15 is 0 Å². The highest BCUT2D eigenvalue weighted by molar-refractivity contribution is 7.89. The summed E-state index contributed by atoms with van der Waals surface area (Å²) in [5.74, 6) is 0.785. The Labute approximate surface area is 170 Å². The van der Waals surface area contributed by atoms with Gasteiger partial charge in [0.2, 0.25) is 10.0 Å². The average Bonchev–Trinajstić information content (AvgIpc) is 3.23. The summed E-state index contributed by atoms with van der Waals surface area (Å²) < 4.78 is 33.4. The van der Waals surface area contributed by atoms with E-state index in [0.29, 0.717) is 19.6 Å². The molecule has 0 saturated carbocycles. The van der Waals surface area contributed by atoms with Gasteiger partial charge < -0.3 is 14.5 Å². The predicted octanol–water partition coefficient (Wildman–Crippen LogP) is 2.05. The van der Waals surface area contributed by atoms with Gasteiger partial charge in [-0.05, 0) is 48.5 Å². The van der Waals surface area contributed by atoms with Gasteiger partial charge in [-0.3, -0.25) is 0 Å². The van der Waals surface area contributed by atoms with Gasteiger partial charge in [-0.25, -0.2) is 13.4 Å². The Hall–Kier alpha value is -1.52. The maximum absolute atomic E-state index is 12.9. The number of nitrogens with zero attached hydrogens (tertiary/aromatic N) is 4. The van der Waals surface area contributed by atoms with Crippen LogP contribution >= 0.6 is 11.3 Å². The Kier molecular flexibility index (Phi) is 5.71. The zero-order valence-corrected chi connectivity index (χ0v) is 17.8. The average molecular weight is 423 g/mol. The number of sulfonamides is 1. The zero-order chi connectivity index (χ0) is 19.7. The van der Waals surface area contributed by atoms with Crippen LogP contribution in [0.1, 0.15) is 18.6 Å². The molecule has 2 saturated heterocycles. The lowest BCUT2D eigenvalue weighted by atomic mass is 10.1. The third-order valence-electron chi connectivity index (χ3n) is 5.32. The molecule has 7 nitrogen and oxygen atoms in total. The summed E-state index contributed by atoms with van der Waals surface area (Å²) in [7, 11) is -1.48. The number of likely N-dealkylation sites (N-methyl/N-ethyl adjacent to an activating group) is 1. The first kappa shape index (κ1) is 19.8. The summed E-state index contributed by atoms with van der Waals surface area (Å²) in [6.07, 6.45) is 1.57. The minimum atomic E-state index is -3.49. The zero-order valence-electron chi connectivity index (χ0n) is 16.2. The number of rotatable bonds is 4. The number of thiophene rings is 1. The van der Waals surface area contributed by atoms with Crippen LogP contribution < -0.4 is 4.90 Å². The number of morpholine rings is 1. The number of ether oxygens (including phenoxy) is 1. The van der Waals surface area contributed by atoms with Crippen molar-refractivity contribution in [3.8, 4) is 0 Å². The highest BCUT2D eigenvalue weighted by Crippen LogP contribution is 2.29. The Balaban J connectivity index is 1.49. The van der Waals surface area contributed by atoms with Gasteiger partial charge >= 0.3 is 0 Å². The molecule has 0 radical (unpaired) electrons. The fourth-order valence-corrected chi connectivity index (χ4v) is 5.74. The van der Waals surface area contributed by atoms with Gasteiger partial charge in [-0.15, -0.1) is 0 Å². The van der Waals surface area contributed by atoms with Crippen molar-refractivity contribution in [2.24, 2.45) is 0 Å². The Morgan fingerprint density at radius 3 is 2.57 bits per heavy atom. The van der Waals surface area contributed by atoms with Crippen LogP contribution in [-0.4, -0.2) is 75.0 Å². The molecule has 2 atom stereocenters. The molecule has 9 heteroatoms. The second-order valence-corrected chi connectivity index (χ2v) is 10.2. The van der Waals surface area contributed by atoms with Crippen molar-refractivity contribution in [3.63, 3.8) is 0 Å². The van der Waals surface area contributed by atoms with E-state index in [2.05, 4.69) is 38.5 Å². The van der Waals surface area contributed by atoms with Gasteiger partial charge in [0.1, 0.15) is 16.8 Å². The van der Waals surface area contributed by atoms with Crippen molar-refractivity contribution in [2.75, 3.05) is 51.2 Å². The molecule has 0 bridgehead atoms. The molecule has 2 fully saturated rings. The first-order valence-electron chi connectivity index (χ1n) is 9.51. The molecule has 2 aromatic rings. The van der Waals surface area contributed by atoms with Crippen LogP contribution in [0.15, 0.2) is 40.1 Å². The fraction of sp³-hybridized carbons (Fsp3) is 0.526. The standard InChI is InChI=1S/C19H26N4O3S2/c1-15-12-22(13-18(26-15)16-5-10-27-14-16)19-4-3-17(11-20-19)28(24,25)23-8-6-21(2)7-9-23/h3-5,10-11,14-15,18H,6-9,12-13H2,1-2H3.